The summed E-state index contributed by atoms with van der Waals surface area (Å²) in [7, 11) is 0. The van der Waals surface area contributed by atoms with E-state index in [1.165, 1.54) is 0 Å². The van der Waals surface area contributed by atoms with E-state index < -0.39 is 0 Å². The molecule has 72 valence electrons. The summed E-state index contributed by atoms with van der Waals surface area (Å²) in [4.78, 5) is 2.32. The van der Waals surface area contributed by atoms with E-state index in [4.69, 9.17) is 10.2 Å². The lowest BCUT2D eigenvalue weighted by molar-refractivity contribution is 0.0904. The van der Waals surface area contributed by atoms with Gasteiger partial charge in [0, 0.05) is 19.1 Å². The van der Waals surface area contributed by atoms with E-state index in [0.717, 1.165) is 24.6 Å². The second-order valence-corrected chi connectivity index (χ2v) is 3.84. The number of nitrogens with zero attached hydrogens (tertiary/aromatic N) is 1. The molecule has 1 atom stereocenters. The highest BCUT2D eigenvalue weighted by Crippen LogP contribution is 2.25. The van der Waals surface area contributed by atoms with Gasteiger partial charge in [0.2, 0.25) is 0 Å². The summed E-state index contributed by atoms with van der Waals surface area (Å²) < 4.78 is 5.55. The molecule has 1 fully saturated rings. The van der Waals surface area contributed by atoms with Crippen molar-refractivity contribution in [1.82, 2.24) is 4.90 Å². The minimum absolute atomic E-state index is 0.360. The number of aryl methyl sites for hydroxylation is 1. The SMILES string of the molecule is Cc1ccc(C(C)N2CC(N)C2)o1. The lowest BCUT2D eigenvalue weighted by atomic mass is 10.1. The van der Waals surface area contributed by atoms with Gasteiger partial charge in [-0.3, -0.25) is 4.90 Å². The van der Waals surface area contributed by atoms with E-state index in [1.807, 2.05) is 19.1 Å². The van der Waals surface area contributed by atoms with Crippen LogP contribution in [0.4, 0.5) is 0 Å². The summed E-state index contributed by atoms with van der Waals surface area (Å²) in [6.45, 7) is 6.10. The summed E-state index contributed by atoms with van der Waals surface area (Å²) in [6.07, 6.45) is 0. The van der Waals surface area contributed by atoms with Gasteiger partial charge < -0.3 is 10.2 Å². The highest BCUT2D eigenvalue weighted by atomic mass is 16.3. The van der Waals surface area contributed by atoms with Crippen molar-refractivity contribution in [2.75, 3.05) is 13.1 Å². The topological polar surface area (TPSA) is 42.4 Å². The van der Waals surface area contributed by atoms with Crippen LogP contribution in [0.1, 0.15) is 24.5 Å². The average molecular weight is 180 g/mol. The molecule has 1 aliphatic rings. The largest absolute Gasteiger partial charge is 0.465 e. The van der Waals surface area contributed by atoms with Crippen molar-refractivity contribution in [2.45, 2.75) is 25.9 Å². The highest BCUT2D eigenvalue weighted by molar-refractivity contribution is 5.10. The van der Waals surface area contributed by atoms with Crippen LogP contribution in [0, 0.1) is 6.92 Å². The van der Waals surface area contributed by atoms with Crippen LogP contribution in [0.3, 0.4) is 0 Å². The molecule has 2 rings (SSSR count). The molecule has 3 nitrogen and oxygen atoms in total. The molecular formula is C10H16N2O. The van der Waals surface area contributed by atoms with Gasteiger partial charge in [-0.2, -0.15) is 0 Å². The van der Waals surface area contributed by atoms with E-state index in [9.17, 15) is 0 Å². The molecule has 0 bridgehead atoms. The van der Waals surface area contributed by atoms with Crippen LogP contribution >= 0.6 is 0 Å². The van der Waals surface area contributed by atoms with Gasteiger partial charge in [-0.15, -0.1) is 0 Å². The first-order valence-corrected chi connectivity index (χ1v) is 4.73. The van der Waals surface area contributed by atoms with Crippen LogP contribution in [0.5, 0.6) is 0 Å². The van der Waals surface area contributed by atoms with Crippen LogP contribution < -0.4 is 5.73 Å². The van der Waals surface area contributed by atoms with E-state index in [1.54, 1.807) is 0 Å². The summed E-state index contributed by atoms with van der Waals surface area (Å²) in [5.41, 5.74) is 5.72. The Hall–Kier alpha value is -0.800. The van der Waals surface area contributed by atoms with Crippen LogP contribution in [0.25, 0.3) is 0 Å². The van der Waals surface area contributed by atoms with Crippen molar-refractivity contribution in [3.8, 4) is 0 Å². The number of hydrogen-bond donors (Lipinski definition) is 1. The van der Waals surface area contributed by atoms with E-state index in [2.05, 4.69) is 11.8 Å². The first kappa shape index (κ1) is 8.78. The van der Waals surface area contributed by atoms with Crippen LogP contribution in [0.2, 0.25) is 0 Å². The molecule has 0 saturated carbocycles. The van der Waals surface area contributed by atoms with Crippen molar-refractivity contribution < 1.29 is 4.42 Å². The second kappa shape index (κ2) is 3.16. The fourth-order valence-corrected chi connectivity index (χ4v) is 1.72. The van der Waals surface area contributed by atoms with Gasteiger partial charge in [0.15, 0.2) is 0 Å². The van der Waals surface area contributed by atoms with Crippen molar-refractivity contribution in [2.24, 2.45) is 5.73 Å². The Labute approximate surface area is 78.5 Å². The van der Waals surface area contributed by atoms with Gasteiger partial charge in [0.1, 0.15) is 11.5 Å². The first-order valence-electron chi connectivity index (χ1n) is 4.73. The Morgan fingerprint density at radius 1 is 1.54 bits per heavy atom. The van der Waals surface area contributed by atoms with Gasteiger partial charge in [-0.05, 0) is 26.0 Å². The monoisotopic (exact) mass is 180 g/mol. The lowest BCUT2D eigenvalue weighted by Crippen LogP contribution is -2.56. The Kier molecular flexibility index (Phi) is 2.14. The lowest BCUT2D eigenvalue weighted by Gasteiger charge is -2.40. The summed E-state index contributed by atoms with van der Waals surface area (Å²) in [5.74, 6) is 2.02. The zero-order chi connectivity index (χ0) is 9.42. The molecule has 0 aliphatic carbocycles. The van der Waals surface area contributed by atoms with Crippen molar-refractivity contribution in [3.05, 3.63) is 23.7 Å². The minimum Gasteiger partial charge on any atom is -0.465 e. The molecular weight excluding hydrogens is 164 g/mol. The number of hydrogen-bond acceptors (Lipinski definition) is 3. The van der Waals surface area contributed by atoms with Gasteiger partial charge in [0.05, 0.1) is 6.04 Å². The fourth-order valence-electron chi connectivity index (χ4n) is 1.72. The quantitative estimate of drug-likeness (QED) is 0.745. The third-order valence-corrected chi connectivity index (χ3v) is 2.66. The fraction of sp³-hybridized carbons (Fsp3) is 0.600. The molecule has 1 aliphatic heterocycles. The van der Waals surface area contributed by atoms with Crippen LogP contribution in [-0.2, 0) is 0 Å². The summed E-state index contributed by atoms with van der Waals surface area (Å²) in [5, 5.41) is 0. The van der Waals surface area contributed by atoms with Crippen molar-refractivity contribution in [1.29, 1.82) is 0 Å². The van der Waals surface area contributed by atoms with Gasteiger partial charge >= 0.3 is 0 Å². The smallest absolute Gasteiger partial charge is 0.121 e. The van der Waals surface area contributed by atoms with Gasteiger partial charge in [-0.1, -0.05) is 0 Å². The molecule has 1 aromatic heterocycles. The molecule has 0 amide bonds. The first-order chi connectivity index (χ1) is 6.16. The van der Waals surface area contributed by atoms with Gasteiger partial charge in [0.25, 0.3) is 0 Å². The Balaban J connectivity index is 2.01. The summed E-state index contributed by atoms with van der Waals surface area (Å²) >= 11 is 0. The van der Waals surface area contributed by atoms with E-state index >= 15 is 0 Å². The molecule has 0 radical (unpaired) electrons. The normalized spacial score (nSPS) is 21.5. The van der Waals surface area contributed by atoms with Gasteiger partial charge in [-0.25, -0.2) is 0 Å². The molecule has 0 aromatic carbocycles. The predicted molar refractivity (Wildman–Crippen MR) is 51.4 cm³/mol. The van der Waals surface area contributed by atoms with Crippen LogP contribution in [-0.4, -0.2) is 24.0 Å². The molecule has 3 heteroatoms. The zero-order valence-electron chi connectivity index (χ0n) is 8.16. The predicted octanol–water partition coefficient (Wildman–Crippen LogP) is 1.29. The number of likely N-dealkylation sites (tertiary alicyclic amines) is 1. The maximum Gasteiger partial charge on any atom is 0.121 e. The summed E-state index contributed by atoms with van der Waals surface area (Å²) in [6, 6.07) is 4.78. The highest BCUT2D eigenvalue weighted by Gasteiger charge is 2.29. The Morgan fingerprint density at radius 3 is 2.69 bits per heavy atom. The molecule has 1 aromatic rings. The Bertz CT molecular complexity index is 289. The maximum atomic E-state index is 5.72. The third kappa shape index (κ3) is 1.62. The van der Waals surface area contributed by atoms with Crippen LogP contribution in [0.15, 0.2) is 16.5 Å². The average Bonchev–Trinajstić information content (AvgIpc) is 2.45. The molecule has 2 heterocycles. The number of furan rings is 1. The standard InChI is InChI=1S/C10H16N2O/c1-7-3-4-10(13-7)8(2)12-5-9(11)6-12/h3-4,8-9H,5-6,11H2,1-2H3. The Morgan fingerprint density at radius 2 is 2.23 bits per heavy atom. The maximum absolute atomic E-state index is 5.72. The molecule has 2 N–H and O–H groups in total. The molecule has 13 heavy (non-hydrogen) atoms. The van der Waals surface area contributed by atoms with Crippen molar-refractivity contribution in [3.63, 3.8) is 0 Å². The molecule has 0 spiro atoms. The zero-order valence-corrected chi connectivity index (χ0v) is 8.16. The molecule has 1 unspecified atom stereocenters. The number of nitrogens with two attached hydrogens (primary N) is 1. The minimum atomic E-state index is 0.360. The number of rotatable bonds is 2. The van der Waals surface area contributed by atoms with Crippen molar-refractivity contribution >= 4 is 0 Å². The second-order valence-electron chi connectivity index (χ2n) is 3.84. The third-order valence-electron chi connectivity index (χ3n) is 2.66. The molecule has 1 saturated heterocycles. The van der Waals surface area contributed by atoms with E-state index in [0.29, 0.717) is 12.1 Å². The van der Waals surface area contributed by atoms with E-state index in [-0.39, 0.29) is 0 Å².